The topological polar surface area (TPSA) is 26.0 Å². The number of benzene rings is 2. The van der Waals surface area contributed by atoms with Crippen LogP contribution in [0.4, 0.5) is 22.0 Å². The van der Waals surface area contributed by atoms with E-state index >= 15 is 0 Å². The Morgan fingerprint density at radius 1 is 0.952 bits per heavy atom. The van der Waals surface area contributed by atoms with E-state index in [1.807, 2.05) is 0 Å². The largest absolute Gasteiger partial charge is 0.416 e. The van der Waals surface area contributed by atoms with Crippen LogP contribution in [0.5, 0.6) is 0 Å². The zero-order valence-electron chi connectivity index (χ0n) is 10.4. The van der Waals surface area contributed by atoms with Gasteiger partial charge in [-0.15, -0.1) is 0 Å². The van der Waals surface area contributed by atoms with Gasteiger partial charge in [0.2, 0.25) is 0 Å². The maximum absolute atomic E-state index is 13.8. The summed E-state index contributed by atoms with van der Waals surface area (Å²) >= 11 is 2.94. The maximum Gasteiger partial charge on any atom is 0.416 e. The van der Waals surface area contributed by atoms with E-state index in [9.17, 15) is 22.0 Å². The Kier molecular flexibility index (Phi) is 4.34. The van der Waals surface area contributed by atoms with Crippen molar-refractivity contribution in [1.82, 2.24) is 0 Å². The van der Waals surface area contributed by atoms with E-state index in [0.717, 1.165) is 36.4 Å². The van der Waals surface area contributed by atoms with Crippen molar-refractivity contribution in [2.75, 3.05) is 0 Å². The predicted molar refractivity (Wildman–Crippen MR) is 71.5 cm³/mol. The van der Waals surface area contributed by atoms with Crippen LogP contribution in [0, 0.1) is 11.6 Å². The first-order valence-corrected chi connectivity index (χ1v) is 6.56. The summed E-state index contributed by atoms with van der Waals surface area (Å²) in [5.41, 5.74) is 4.69. The minimum absolute atomic E-state index is 0.183. The van der Waals surface area contributed by atoms with E-state index in [1.54, 1.807) is 0 Å². The Hall–Kier alpha value is -1.47. The van der Waals surface area contributed by atoms with Crippen LogP contribution in [-0.4, -0.2) is 0 Å². The van der Waals surface area contributed by atoms with Crippen LogP contribution in [-0.2, 0) is 6.18 Å². The molecule has 0 aliphatic carbocycles. The maximum atomic E-state index is 13.8. The van der Waals surface area contributed by atoms with Gasteiger partial charge in [-0.1, -0.05) is 28.1 Å². The van der Waals surface area contributed by atoms with Crippen molar-refractivity contribution in [3.05, 3.63) is 69.2 Å². The minimum Gasteiger partial charge on any atom is -0.320 e. The summed E-state index contributed by atoms with van der Waals surface area (Å²) in [6.07, 6.45) is -4.48. The van der Waals surface area contributed by atoms with Crippen molar-refractivity contribution in [2.45, 2.75) is 12.2 Å². The Morgan fingerprint density at radius 2 is 1.43 bits per heavy atom. The van der Waals surface area contributed by atoms with Gasteiger partial charge in [0.05, 0.1) is 11.6 Å². The van der Waals surface area contributed by atoms with E-state index in [-0.39, 0.29) is 10.0 Å². The monoisotopic (exact) mass is 365 g/mol. The Morgan fingerprint density at radius 3 is 1.86 bits per heavy atom. The Balaban J connectivity index is 2.39. The van der Waals surface area contributed by atoms with Crippen molar-refractivity contribution in [3.63, 3.8) is 0 Å². The molecular weight excluding hydrogens is 357 g/mol. The Labute approximate surface area is 125 Å². The lowest BCUT2D eigenvalue weighted by molar-refractivity contribution is -0.137. The molecule has 112 valence electrons. The summed E-state index contributed by atoms with van der Waals surface area (Å²) < 4.78 is 65.2. The number of rotatable bonds is 2. The fraction of sp³-hybridized carbons (Fsp3) is 0.143. The molecule has 0 aromatic heterocycles. The smallest absolute Gasteiger partial charge is 0.320 e. The lowest BCUT2D eigenvalue weighted by Gasteiger charge is -2.16. The van der Waals surface area contributed by atoms with Crippen LogP contribution in [0.1, 0.15) is 22.7 Å². The zero-order valence-corrected chi connectivity index (χ0v) is 12.0. The molecule has 1 atom stereocenters. The fourth-order valence-electron chi connectivity index (χ4n) is 1.90. The molecule has 0 saturated carbocycles. The van der Waals surface area contributed by atoms with Crippen LogP contribution < -0.4 is 5.73 Å². The molecule has 0 heterocycles. The van der Waals surface area contributed by atoms with Crippen LogP contribution in [0.3, 0.4) is 0 Å². The standard InChI is InChI=1S/C14H9BrF5N/c15-9-5-10(16)12(11(17)6-9)13(21)7-1-3-8(4-2-7)14(18,19)20/h1-6,13H,21H2. The van der Waals surface area contributed by atoms with Gasteiger partial charge in [-0.05, 0) is 29.8 Å². The zero-order chi connectivity index (χ0) is 15.8. The average molecular weight is 366 g/mol. The lowest BCUT2D eigenvalue weighted by Crippen LogP contribution is -2.16. The van der Waals surface area contributed by atoms with Gasteiger partial charge in [0.25, 0.3) is 0 Å². The lowest BCUT2D eigenvalue weighted by atomic mass is 9.97. The number of hydrogen-bond acceptors (Lipinski definition) is 1. The molecule has 0 spiro atoms. The molecule has 0 radical (unpaired) electrons. The summed E-state index contributed by atoms with van der Waals surface area (Å²) in [7, 11) is 0. The van der Waals surface area contributed by atoms with Crippen molar-refractivity contribution >= 4 is 15.9 Å². The highest BCUT2D eigenvalue weighted by Crippen LogP contribution is 2.32. The third kappa shape index (κ3) is 3.41. The van der Waals surface area contributed by atoms with Gasteiger partial charge >= 0.3 is 6.18 Å². The highest BCUT2D eigenvalue weighted by Gasteiger charge is 2.30. The van der Waals surface area contributed by atoms with Gasteiger partial charge < -0.3 is 5.73 Å². The van der Waals surface area contributed by atoms with Crippen LogP contribution in [0.15, 0.2) is 40.9 Å². The van der Waals surface area contributed by atoms with Gasteiger partial charge in [0.15, 0.2) is 0 Å². The van der Waals surface area contributed by atoms with Gasteiger partial charge in [-0.25, -0.2) is 8.78 Å². The minimum atomic E-state index is -4.48. The second-order valence-corrected chi connectivity index (χ2v) is 5.30. The third-order valence-electron chi connectivity index (χ3n) is 2.95. The molecule has 0 aliphatic heterocycles. The van der Waals surface area contributed by atoms with Crippen molar-refractivity contribution in [3.8, 4) is 0 Å². The van der Waals surface area contributed by atoms with E-state index < -0.39 is 35.0 Å². The summed E-state index contributed by atoms with van der Waals surface area (Å²) in [4.78, 5) is 0. The molecule has 7 heteroatoms. The van der Waals surface area contributed by atoms with Gasteiger partial charge in [-0.3, -0.25) is 0 Å². The predicted octanol–water partition coefficient (Wildman–Crippen LogP) is 4.79. The van der Waals surface area contributed by atoms with Crippen LogP contribution >= 0.6 is 15.9 Å². The quantitative estimate of drug-likeness (QED) is 0.760. The Bertz CT molecular complexity index is 628. The number of nitrogens with two attached hydrogens (primary N) is 1. The average Bonchev–Trinajstić information content (AvgIpc) is 2.36. The third-order valence-corrected chi connectivity index (χ3v) is 3.41. The first-order valence-electron chi connectivity index (χ1n) is 5.77. The molecule has 21 heavy (non-hydrogen) atoms. The van der Waals surface area contributed by atoms with Gasteiger partial charge in [0.1, 0.15) is 11.6 Å². The molecule has 1 unspecified atom stereocenters. The molecule has 2 N–H and O–H groups in total. The molecule has 0 aliphatic rings. The fourth-order valence-corrected chi connectivity index (χ4v) is 2.30. The van der Waals surface area contributed by atoms with E-state index in [2.05, 4.69) is 15.9 Å². The molecule has 0 amide bonds. The number of alkyl halides is 3. The highest BCUT2D eigenvalue weighted by molar-refractivity contribution is 9.10. The summed E-state index contributed by atoms with van der Waals surface area (Å²) in [6.45, 7) is 0. The molecule has 0 fully saturated rings. The van der Waals surface area contributed by atoms with E-state index in [0.29, 0.717) is 0 Å². The summed E-state index contributed by atoms with van der Waals surface area (Å²) in [6, 6.07) is 4.75. The van der Waals surface area contributed by atoms with Crippen LogP contribution in [0.25, 0.3) is 0 Å². The highest BCUT2D eigenvalue weighted by atomic mass is 79.9. The molecule has 1 nitrogen and oxygen atoms in total. The first kappa shape index (κ1) is 15.9. The normalized spacial score (nSPS) is 13.3. The van der Waals surface area contributed by atoms with Crippen molar-refractivity contribution in [1.29, 1.82) is 0 Å². The van der Waals surface area contributed by atoms with Gasteiger partial charge in [0, 0.05) is 10.0 Å². The summed E-state index contributed by atoms with van der Waals surface area (Å²) in [5.74, 6) is -1.73. The number of hydrogen-bond donors (Lipinski definition) is 1. The van der Waals surface area contributed by atoms with Crippen molar-refractivity contribution < 1.29 is 22.0 Å². The molecule has 2 aromatic rings. The molecule has 0 bridgehead atoms. The second kappa shape index (κ2) is 5.73. The molecule has 2 rings (SSSR count). The number of halogens is 6. The SMILES string of the molecule is NC(c1ccc(C(F)(F)F)cc1)c1c(F)cc(Br)cc1F. The molecule has 0 saturated heterocycles. The van der Waals surface area contributed by atoms with E-state index in [1.165, 1.54) is 0 Å². The molecular formula is C14H9BrF5N. The van der Waals surface area contributed by atoms with E-state index in [4.69, 9.17) is 5.73 Å². The van der Waals surface area contributed by atoms with Crippen LogP contribution in [0.2, 0.25) is 0 Å². The summed E-state index contributed by atoms with van der Waals surface area (Å²) in [5, 5.41) is 0. The first-order chi connectivity index (χ1) is 9.70. The van der Waals surface area contributed by atoms with Gasteiger partial charge in [-0.2, -0.15) is 13.2 Å². The second-order valence-electron chi connectivity index (χ2n) is 4.38. The van der Waals surface area contributed by atoms with Crippen molar-refractivity contribution in [2.24, 2.45) is 5.73 Å². The molecule has 2 aromatic carbocycles.